The summed E-state index contributed by atoms with van der Waals surface area (Å²) in [5.74, 6) is -4.01. The number of carbonyl (C=O) groups is 4. The summed E-state index contributed by atoms with van der Waals surface area (Å²) >= 11 is 0. The monoisotopic (exact) mass is 419 g/mol. The molecule has 0 saturated heterocycles. The Morgan fingerprint density at radius 2 is 1.48 bits per heavy atom. The molecule has 0 heterocycles. The van der Waals surface area contributed by atoms with E-state index in [2.05, 4.69) is 15.6 Å². The second kappa shape index (κ2) is 13.2. The van der Waals surface area contributed by atoms with Crippen LogP contribution in [0.25, 0.3) is 0 Å². The number of nitrogens with zero attached hydrogens (tertiary/aromatic N) is 1. The number of guanidine groups is 1. The fraction of sp³-hybridized carbons (Fsp3) is 0.667. The number of aliphatic hydroxyl groups is 2. The number of hydrogen-bond donors (Lipinski definition) is 9. The number of carbonyl (C=O) groups excluding carboxylic acids is 3. The van der Waals surface area contributed by atoms with E-state index < -0.39 is 61.1 Å². The molecule has 0 aliphatic rings. The fourth-order valence-electron chi connectivity index (χ4n) is 1.99. The van der Waals surface area contributed by atoms with Gasteiger partial charge in [-0.2, -0.15) is 0 Å². The first-order valence-electron chi connectivity index (χ1n) is 8.70. The normalized spacial score (nSPS) is 14.6. The summed E-state index contributed by atoms with van der Waals surface area (Å²) in [5.41, 5.74) is 16.1. The van der Waals surface area contributed by atoms with Crippen LogP contribution in [0.3, 0.4) is 0 Å². The second-order valence-corrected chi connectivity index (χ2v) is 6.11. The molecule has 0 fully saturated rings. The molecule has 166 valence electrons. The zero-order valence-electron chi connectivity index (χ0n) is 16.0. The van der Waals surface area contributed by atoms with Crippen LogP contribution >= 0.6 is 0 Å². The highest BCUT2D eigenvalue weighted by atomic mass is 16.4. The predicted molar refractivity (Wildman–Crippen MR) is 101 cm³/mol. The van der Waals surface area contributed by atoms with E-state index in [9.17, 15) is 24.3 Å². The minimum absolute atomic E-state index is 0.0792. The number of amides is 3. The van der Waals surface area contributed by atoms with Crippen molar-refractivity contribution in [1.29, 1.82) is 0 Å². The van der Waals surface area contributed by atoms with Crippen molar-refractivity contribution >= 4 is 29.7 Å². The van der Waals surface area contributed by atoms with E-state index in [4.69, 9.17) is 27.4 Å². The van der Waals surface area contributed by atoms with Crippen LogP contribution < -0.4 is 33.2 Å². The highest BCUT2D eigenvalue weighted by Gasteiger charge is 2.28. The third-order valence-corrected chi connectivity index (χ3v) is 3.67. The molecule has 0 aliphatic carbocycles. The molecule has 0 aliphatic heterocycles. The van der Waals surface area contributed by atoms with Gasteiger partial charge in [0.05, 0.1) is 19.3 Å². The molecule has 4 unspecified atom stereocenters. The van der Waals surface area contributed by atoms with Crippen molar-refractivity contribution in [3.05, 3.63) is 0 Å². The van der Waals surface area contributed by atoms with Gasteiger partial charge in [-0.3, -0.25) is 19.4 Å². The first kappa shape index (κ1) is 26.0. The Morgan fingerprint density at radius 1 is 0.931 bits per heavy atom. The van der Waals surface area contributed by atoms with Crippen LogP contribution in [0.15, 0.2) is 4.99 Å². The summed E-state index contributed by atoms with van der Waals surface area (Å²) in [5, 5.41) is 33.4. The van der Waals surface area contributed by atoms with Crippen molar-refractivity contribution < 1.29 is 34.5 Å². The number of nitrogens with one attached hydrogen (secondary N) is 3. The Balaban J connectivity index is 4.61. The summed E-state index contributed by atoms with van der Waals surface area (Å²) in [4.78, 5) is 50.6. The van der Waals surface area contributed by atoms with Gasteiger partial charge in [-0.1, -0.05) is 0 Å². The standard InChI is InChI=1S/C15H29N7O7/c1-7(20-12(26)8(16)3-2-4-19-15(17)18)11(25)21-9(5-23)13(27)22-10(6-24)14(28)29/h7-10,23-24H,2-6,16H2,1H3,(H,20,26)(H,21,25)(H,22,27)(H,28,29)(H4,17,18,19). The van der Waals surface area contributed by atoms with Gasteiger partial charge in [0.15, 0.2) is 5.96 Å². The lowest BCUT2D eigenvalue weighted by Gasteiger charge is -2.22. The van der Waals surface area contributed by atoms with E-state index >= 15 is 0 Å². The first-order valence-corrected chi connectivity index (χ1v) is 8.70. The Kier molecular flexibility index (Phi) is 11.9. The van der Waals surface area contributed by atoms with E-state index in [-0.39, 0.29) is 18.9 Å². The molecule has 3 amide bonds. The van der Waals surface area contributed by atoms with Crippen molar-refractivity contribution in [1.82, 2.24) is 16.0 Å². The van der Waals surface area contributed by atoms with Crippen LogP contribution in [0, 0.1) is 0 Å². The van der Waals surface area contributed by atoms with Gasteiger partial charge in [-0.15, -0.1) is 0 Å². The molecule has 0 radical (unpaired) electrons. The van der Waals surface area contributed by atoms with Crippen LogP contribution in [0.4, 0.5) is 0 Å². The average molecular weight is 419 g/mol. The summed E-state index contributed by atoms with van der Waals surface area (Å²) < 4.78 is 0. The third kappa shape index (κ3) is 10.2. The Bertz CT molecular complexity index is 610. The number of aliphatic hydroxyl groups excluding tert-OH is 2. The van der Waals surface area contributed by atoms with Gasteiger partial charge in [0.25, 0.3) is 0 Å². The van der Waals surface area contributed by atoms with Crippen LogP contribution in [0.1, 0.15) is 19.8 Å². The fourth-order valence-corrected chi connectivity index (χ4v) is 1.99. The summed E-state index contributed by atoms with van der Waals surface area (Å²) in [6, 6.07) is -5.09. The van der Waals surface area contributed by atoms with Crippen molar-refractivity contribution in [2.75, 3.05) is 19.8 Å². The zero-order chi connectivity index (χ0) is 22.6. The summed E-state index contributed by atoms with van der Waals surface area (Å²) in [6.45, 7) is -0.0850. The zero-order valence-corrected chi connectivity index (χ0v) is 16.0. The number of carboxylic acid groups (broad SMARTS) is 1. The molecule has 4 atom stereocenters. The minimum atomic E-state index is -1.59. The van der Waals surface area contributed by atoms with E-state index in [1.165, 1.54) is 6.92 Å². The van der Waals surface area contributed by atoms with Crippen molar-refractivity contribution in [2.45, 2.75) is 43.9 Å². The lowest BCUT2D eigenvalue weighted by atomic mass is 10.1. The lowest BCUT2D eigenvalue weighted by Crippen LogP contribution is -2.57. The van der Waals surface area contributed by atoms with Gasteiger partial charge >= 0.3 is 5.97 Å². The third-order valence-electron chi connectivity index (χ3n) is 3.67. The van der Waals surface area contributed by atoms with Crippen LogP contribution in [-0.2, 0) is 19.2 Å². The maximum absolute atomic E-state index is 12.1. The Labute approximate surface area is 166 Å². The largest absolute Gasteiger partial charge is 0.480 e. The number of aliphatic carboxylic acids is 1. The van der Waals surface area contributed by atoms with Gasteiger partial charge in [0.2, 0.25) is 17.7 Å². The van der Waals surface area contributed by atoms with Gasteiger partial charge in [-0.05, 0) is 19.8 Å². The molecule has 14 nitrogen and oxygen atoms in total. The lowest BCUT2D eigenvalue weighted by molar-refractivity contribution is -0.143. The predicted octanol–water partition coefficient (Wildman–Crippen LogP) is -5.09. The molecule has 0 saturated carbocycles. The molecule has 29 heavy (non-hydrogen) atoms. The van der Waals surface area contributed by atoms with E-state index in [1.807, 2.05) is 5.32 Å². The van der Waals surface area contributed by atoms with E-state index in [0.717, 1.165) is 0 Å². The molecular formula is C15H29N7O7. The maximum atomic E-state index is 12.1. The minimum Gasteiger partial charge on any atom is -0.480 e. The molecule has 0 bridgehead atoms. The highest BCUT2D eigenvalue weighted by Crippen LogP contribution is 1.97. The number of rotatable bonds is 13. The van der Waals surface area contributed by atoms with Crippen molar-refractivity contribution in [3.63, 3.8) is 0 Å². The average Bonchev–Trinajstić information content (AvgIpc) is 2.66. The SMILES string of the molecule is CC(NC(=O)C(N)CCCN=C(N)N)C(=O)NC(CO)C(=O)NC(CO)C(=O)O. The molecule has 0 aromatic heterocycles. The van der Waals surface area contributed by atoms with Gasteiger partial charge in [0.1, 0.15) is 18.1 Å². The molecule has 0 aromatic rings. The Hall–Kier alpha value is -2.97. The number of aliphatic imine (C=N–C) groups is 1. The van der Waals surface area contributed by atoms with Crippen molar-refractivity contribution in [2.24, 2.45) is 22.2 Å². The number of carboxylic acids is 1. The number of nitrogens with two attached hydrogens (primary N) is 3. The van der Waals surface area contributed by atoms with E-state index in [1.54, 1.807) is 0 Å². The van der Waals surface area contributed by atoms with Crippen LogP contribution in [-0.4, -0.2) is 88.9 Å². The first-order chi connectivity index (χ1) is 13.5. The van der Waals surface area contributed by atoms with Gasteiger partial charge in [0, 0.05) is 6.54 Å². The van der Waals surface area contributed by atoms with E-state index in [0.29, 0.717) is 6.42 Å². The molecule has 0 spiro atoms. The van der Waals surface area contributed by atoms with Crippen LogP contribution in [0.5, 0.6) is 0 Å². The van der Waals surface area contributed by atoms with Gasteiger partial charge in [-0.25, -0.2) is 4.79 Å². The Morgan fingerprint density at radius 3 is 1.97 bits per heavy atom. The summed E-state index contributed by atoms with van der Waals surface area (Å²) in [6.07, 6.45) is 0.700. The summed E-state index contributed by atoms with van der Waals surface area (Å²) in [7, 11) is 0. The van der Waals surface area contributed by atoms with Crippen LogP contribution in [0.2, 0.25) is 0 Å². The second-order valence-electron chi connectivity index (χ2n) is 6.11. The highest BCUT2D eigenvalue weighted by molar-refractivity contribution is 5.93. The molecule has 14 heteroatoms. The quantitative estimate of drug-likeness (QED) is 0.0779. The molecule has 0 aromatic carbocycles. The maximum Gasteiger partial charge on any atom is 0.328 e. The van der Waals surface area contributed by atoms with Crippen molar-refractivity contribution in [3.8, 4) is 0 Å². The molecule has 0 rings (SSSR count). The van der Waals surface area contributed by atoms with Gasteiger partial charge < -0.3 is 48.5 Å². The topological polar surface area (TPSA) is 255 Å². The number of hydrogen-bond acceptors (Lipinski definition) is 8. The molecular weight excluding hydrogens is 390 g/mol. The smallest absolute Gasteiger partial charge is 0.328 e. The molecule has 12 N–H and O–H groups in total.